The third kappa shape index (κ3) is 3.52. The van der Waals surface area contributed by atoms with Crippen LogP contribution in [0.1, 0.15) is 36.8 Å². The summed E-state index contributed by atoms with van der Waals surface area (Å²) in [6, 6.07) is 7.98. The fraction of sp³-hybridized carbons (Fsp3) is 0.600. The minimum absolute atomic E-state index is 0.0284. The van der Waals surface area contributed by atoms with E-state index in [0.717, 1.165) is 12.0 Å². The number of nitrogens with two attached hydrogens (primary N) is 1. The highest BCUT2D eigenvalue weighted by Gasteiger charge is 2.38. The Bertz CT molecular complexity index is 403. The van der Waals surface area contributed by atoms with Crippen molar-refractivity contribution in [1.82, 2.24) is 0 Å². The standard InChI is InChI=1S/C15H21F2N/c1-11-4-2-5-12(8-11)9-14(18)13-6-3-7-15(16,17)10-13/h2,4-5,8,13-14H,3,6-7,9-10,18H2,1H3. The van der Waals surface area contributed by atoms with E-state index in [1.54, 1.807) is 0 Å². The molecule has 0 heterocycles. The Kier molecular flexibility index (Phi) is 4.00. The third-order valence-corrected chi connectivity index (χ3v) is 3.84. The molecule has 1 fully saturated rings. The van der Waals surface area contributed by atoms with Crippen LogP contribution in [0.3, 0.4) is 0 Å². The number of rotatable bonds is 3. The highest BCUT2D eigenvalue weighted by Crippen LogP contribution is 2.38. The Morgan fingerprint density at radius 3 is 2.89 bits per heavy atom. The molecule has 0 spiro atoms. The van der Waals surface area contributed by atoms with E-state index in [1.807, 2.05) is 25.1 Å². The van der Waals surface area contributed by atoms with Gasteiger partial charge in [-0.25, -0.2) is 8.78 Å². The lowest BCUT2D eigenvalue weighted by Crippen LogP contribution is -2.39. The smallest absolute Gasteiger partial charge is 0.248 e. The van der Waals surface area contributed by atoms with Crippen LogP contribution in [0, 0.1) is 12.8 Å². The molecule has 2 unspecified atom stereocenters. The monoisotopic (exact) mass is 253 g/mol. The molecule has 0 radical (unpaired) electrons. The van der Waals surface area contributed by atoms with Gasteiger partial charge in [0.05, 0.1) is 0 Å². The van der Waals surface area contributed by atoms with E-state index >= 15 is 0 Å². The molecule has 1 saturated carbocycles. The van der Waals surface area contributed by atoms with Gasteiger partial charge < -0.3 is 5.73 Å². The highest BCUT2D eigenvalue weighted by molar-refractivity contribution is 5.23. The Morgan fingerprint density at radius 2 is 2.22 bits per heavy atom. The molecule has 1 aromatic rings. The topological polar surface area (TPSA) is 26.0 Å². The van der Waals surface area contributed by atoms with Crippen LogP contribution in [0.5, 0.6) is 0 Å². The van der Waals surface area contributed by atoms with Crippen LogP contribution in [0.25, 0.3) is 0 Å². The van der Waals surface area contributed by atoms with Gasteiger partial charge in [0.25, 0.3) is 0 Å². The van der Waals surface area contributed by atoms with E-state index in [0.29, 0.717) is 12.8 Å². The molecule has 0 bridgehead atoms. The van der Waals surface area contributed by atoms with Crippen LogP contribution in [-0.2, 0) is 6.42 Å². The molecule has 1 aliphatic rings. The minimum atomic E-state index is -2.51. The van der Waals surface area contributed by atoms with Gasteiger partial charge in [0.15, 0.2) is 0 Å². The van der Waals surface area contributed by atoms with Gasteiger partial charge in [0.1, 0.15) is 0 Å². The Hall–Kier alpha value is -0.960. The van der Waals surface area contributed by atoms with E-state index in [9.17, 15) is 8.78 Å². The highest BCUT2D eigenvalue weighted by atomic mass is 19.3. The summed E-state index contributed by atoms with van der Waals surface area (Å²) in [5.41, 5.74) is 8.46. The maximum absolute atomic E-state index is 13.4. The molecule has 0 amide bonds. The second-order valence-electron chi connectivity index (χ2n) is 5.57. The van der Waals surface area contributed by atoms with E-state index in [1.165, 1.54) is 5.56 Å². The van der Waals surface area contributed by atoms with Gasteiger partial charge in [-0.05, 0) is 37.7 Å². The maximum atomic E-state index is 13.4. The third-order valence-electron chi connectivity index (χ3n) is 3.84. The summed E-state index contributed by atoms with van der Waals surface area (Å²) in [7, 11) is 0. The summed E-state index contributed by atoms with van der Waals surface area (Å²) < 4.78 is 26.7. The normalized spacial score (nSPS) is 24.8. The lowest BCUT2D eigenvalue weighted by Gasteiger charge is -2.32. The zero-order chi connectivity index (χ0) is 13.2. The van der Waals surface area contributed by atoms with Crippen molar-refractivity contribution >= 4 is 0 Å². The summed E-state index contributed by atoms with van der Waals surface area (Å²) in [6.45, 7) is 2.03. The Morgan fingerprint density at radius 1 is 1.44 bits per heavy atom. The van der Waals surface area contributed by atoms with Crippen LogP contribution in [0.15, 0.2) is 24.3 Å². The fourth-order valence-electron chi connectivity index (χ4n) is 2.85. The van der Waals surface area contributed by atoms with Gasteiger partial charge in [-0.1, -0.05) is 29.8 Å². The second-order valence-corrected chi connectivity index (χ2v) is 5.57. The first-order chi connectivity index (χ1) is 8.46. The Labute approximate surface area is 107 Å². The van der Waals surface area contributed by atoms with E-state index in [2.05, 4.69) is 6.07 Å². The molecule has 0 aromatic heterocycles. The van der Waals surface area contributed by atoms with Gasteiger partial charge in [-0.3, -0.25) is 0 Å². The second kappa shape index (κ2) is 5.35. The molecule has 18 heavy (non-hydrogen) atoms. The van der Waals surface area contributed by atoms with Crippen LogP contribution in [0.2, 0.25) is 0 Å². The molecule has 1 nitrogen and oxygen atoms in total. The average Bonchev–Trinajstić information content (AvgIpc) is 2.27. The number of hydrogen-bond acceptors (Lipinski definition) is 1. The first kappa shape index (κ1) is 13.5. The number of halogens is 2. The summed E-state index contributed by atoms with van der Waals surface area (Å²) in [5, 5.41) is 0. The van der Waals surface area contributed by atoms with Gasteiger partial charge in [0.2, 0.25) is 5.92 Å². The van der Waals surface area contributed by atoms with Gasteiger partial charge >= 0.3 is 0 Å². The van der Waals surface area contributed by atoms with Crippen molar-refractivity contribution < 1.29 is 8.78 Å². The minimum Gasteiger partial charge on any atom is -0.327 e. The van der Waals surface area contributed by atoms with Crippen molar-refractivity contribution in [2.75, 3.05) is 0 Å². The van der Waals surface area contributed by atoms with E-state index in [-0.39, 0.29) is 24.8 Å². The van der Waals surface area contributed by atoms with Crippen LogP contribution >= 0.6 is 0 Å². The molecule has 0 saturated heterocycles. The Balaban J connectivity index is 1.97. The summed E-state index contributed by atoms with van der Waals surface area (Å²) in [6.07, 6.45) is 2.12. The van der Waals surface area contributed by atoms with Crippen molar-refractivity contribution in [2.45, 2.75) is 51.0 Å². The van der Waals surface area contributed by atoms with Gasteiger partial charge in [0, 0.05) is 18.9 Å². The quantitative estimate of drug-likeness (QED) is 0.873. The molecule has 2 rings (SSSR count). The number of alkyl halides is 2. The fourth-order valence-corrected chi connectivity index (χ4v) is 2.85. The summed E-state index contributed by atoms with van der Waals surface area (Å²) >= 11 is 0. The molecular formula is C15H21F2N. The van der Waals surface area contributed by atoms with E-state index in [4.69, 9.17) is 5.73 Å². The van der Waals surface area contributed by atoms with Crippen LogP contribution in [0.4, 0.5) is 8.78 Å². The van der Waals surface area contributed by atoms with Gasteiger partial charge in [-0.15, -0.1) is 0 Å². The first-order valence-corrected chi connectivity index (χ1v) is 6.65. The zero-order valence-electron chi connectivity index (χ0n) is 10.8. The summed E-state index contributed by atoms with van der Waals surface area (Å²) in [4.78, 5) is 0. The molecule has 100 valence electrons. The van der Waals surface area contributed by atoms with Crippen molar-refractivity contribution in [2.24, 2.45) is 11.7 Å². The molecule has 1 aliphatic carbocycles. The number of hydrogen-bond donors (Lipinski definition) is 1. The molecule has 3 heteroatoms. The lowest BCUT2D eigenvalue weighted by molar-refractivity contribution is -0.0561. The van der Waals surface area contributed by atoms with E-state index < -0.39 is 5.92 Å². The van der Waals surface area contributed by atoms with Crippen molar-refractivity contribution in [3.05, 3.63) is 35.4 Å². The predicted octanol–water partition coefficient (Wildman–Crippen LogP) is 3.69. The van der Waals surface area contributed by atoms with Gasteiger partial charge in [-0.2, -0.15) is 0 Å². The SMILES string of the molecule is Cc1cccc(CC(N)C2CCCC(F)(F)C2)c1. The largest absolute Gasteiger partial charge is 0.327 e. The molecule has 2 atom stereocenters. The average molecular weight is 253 g/mol. The van der Waals surface area contributed by atoms with Crippen molar-refractivity contribution in [1.29, 1.82) is 0 Å². The number of aryl methyl sites for hydroxylation is 1. The number of benzene rings is 1. The molecule has 1 aromatic carbocycles. The summed E-state index contributed by atoms with van der Waals surface area (Å²) in [5.74, 6) is -2.55. The molecule has 0 aliphatic heterocycles. The maximum Gasteiger partial charge on any atom is 0.248 e. The van der Waals surface area contributed by atoms with Crippen LogP contribution in [-0.4, -0.2) is 12.0 Å². The molecule has 2 N–H and O–H groups in total. The lowest BCUT2D eigenvalue weighted by atomic mass is 9.80. The predicted molar refractivity (Wildman–Crippen MR) is 69.8 cm³/mol. The zero-order valence-corrected chi connectivity index (χ0v) is 10.8. The van der Waals surface area contributed by atoms with Crippen molar-refractivity contribution in [3.63, 3.8) is 0 Å². The van der Waals surface area contributed by atoms with Crippen LogP contribution < -0.4 is 5.73 Å². The van der Waals surface area contributed by atoms with Crippen molar-refractivity contribution in [3.8, 4) is 0 Å². The first-order valence-electron chi connectivity index (χ1n) is 6.65. The molecular weight excluding hydrogens is 232 g/mol.